The Bertz CT molecular complexity index is 225. The molecule has 0 atom stereocenters. The summed E-state index contributed by atoms with van der Waals surface area (Å²) >= 11 is 0. The Morgan fingerprint density at radius 1 is 1.07 bits per heavy atom. The molecule has 0 aromatic rings. The van der Waals surface area contributed by atoms with Gasteiger partial charge in [0.2, 0.25) is 5.91 Å². The minimum absolute atomic E-state index is 0.322. The summed E-state index contributed by atoms with van der Waals surface area (Å²) in [4.78, 5) is 11.6. The maximum atomic E-state index is 11.6. The Hall–Kier alpha value is -0.530. The maximum absolute atomic E-state index is 11.6. The Morgan fingerprint density at radius 3 is 2.13 bits per heavy atom. The van der Waals surface area contributed by atoms with Gasteiger partial charge in [0.25, 0.3) is 0 Å². The maximum Gasteiger partial charge on any atom is 0.223 e. The van der Waals surface area contributed by atoms with Crippen LogP contribution in [0.1, 0.15) is 52.4 Å². The molecule has 2 heteroatoms. The van der Waals surface area contributed by atoms with Gasteiger partial charge in [0.05, 0.1) is 0 Å². The Morgan fingerprint density at radius 2 is 1.67 bits per heavy atom. The molecule has 0 bridgehead atoms. The van der Waals surface area contributed by atoms with Crippen LogP contribution in [0.15, 0.2) is 0 Å². The SMILES string of the molecule is CC(C)[C@H]1CC[C@@H](NC(=O)C2CC2)CC1. The van der Waals surface area contributed by atoms with Crippen LogP contribution >= 0.6 is 0 Å². The second-order valence-electron chi connectivity index (χ2n) is 5.64. The van der Waals surface area contributed by atoms with E-state index in [-0.39, 0.29) is 0 Å². The van der Waals surface area contributed by atoms with Crippen molar-refractivity contribution in [2.45, 2.75) is 58.4 Å². The highest BCUT2D eigenvalue weighted by molar-refractivity contribution is 5.81. The number of carbonyl (C=O) groups is 1. The first-order valence-electron chi connectivity index (χ1n) is 6.47. The van der Waals surface area contributed by atoms with E-state index in [1.165, 1.54) is 25.7 Å². The van der Waals surface area contributed by atoms with Gasteiger partial charge in [0.1, 0.15) is 0 Å². The smallest absolute Gasteiger partial charge is 0.223 e. The number of amides is 1. The van der Waals surface area contributed by atoms with Crippen LogP contribution < -0.4 is 5.32 Å². The molecule has 1 amide bonds. The second kappa shape index (κ2) is 4.54. The van der Waals surface area contributed by atoms with E-state index < -0.39 is 0 Å². The van der Waals surface area contributed by atoms with Gasteiger partial charge >= 0.3 is 0 Å². The van der Waals surface area contributed by atoms with Crippen LogP contribution in [0, 0.1) is 17.8 Å². The van der Waals surface area contributed by atoms with Crippen molar-refractivity contribution in [3.8, 4) is 0 Å². The van der Waals surface area contributed by atoms with E-state index in [0.717, 1.165) is 24.7 Å². The predicted octanol–water partition coefficient (Wildman–Crippen LogP) is 2.73. The highest BCUT2D eigenvalue weighted by atomic mass is 16.2. The molecular weight excluding hydrogens is 186 g/mol. The van der Waals surface area contributed by atoms with Crippen LogP contribution in [-0.2, 0) is 4.79 Å². The van der Waals surface area contributed by atoms with E-state index in [1.807, 2.05) is 0 Å². The first kappa shape index (κ1) is 11.0. The summed E-state index contributed by atoms with van der Waals surface area (Å²) in [6.07, 6.45) is 7.23. The minimum atomic E-state index is 0.322. The third-order valence-electron chi connectivity index (χ3n) is 4.01. The minimum Gasteiger partial charge on any atom is -0.353 e. The van der Waals surface area contributed by atoms with Crippen molar-refractivity contribution in [1.29, 1.82) is 0 Å². The molecule has 2 fully saturated rings. The third-order valence-corrected chi connectivity index (χ3v) is 4.01. The number of hydrogen-bond acceptors (Lipinski definition) is 1. The molecule has 0 unspecified atom stereocenters. The first-order chi connectivity index (χ1) is 7.16. The summed E-state index contributed by atoms with van der Waals surface area (Å²) in [5.41, 5.74) is 0. The zero-order valence-corrected chi connectivity index (χ0v) is 9.96. The van der Waals surface area contributed by atoms with Gasteiger partial charge in [-0.1, -0.05) is 13.8 Å². The number of carbonyl (C=O) groups excluding carboxylic acids is 1. The van der Waals surface area contributed by atoms with Gasteiger partial charge in [0, 0.05) is 12.0 Å². The molecule has 0 radical (unpaired) electrons. The Balaban J connectivity index is 1.70. The normalized spacial score (nSPS) is 31.7. The predicted molar refractivity (Wildman–Crippen MR) is 61.5 cm³/mol. The summed E-state index contributed by atoms with van der Waals surface area (Å²) in [6, 6.07) is 0.480. The summed E-state index contributed by atoms with van der Waals surface area (Å²) in [5, 5.41) is 3.20. The van der Waals surface area contributed by atoms with E-state index in [2.05, 4.69) is 19.2 Å². The van der Waals surface area contributed by atoms with Gasteiger partial charge < -0.3 is 5.32 Å². The molecule has 2 rings (SSSR count). The molecule has 15 heavy (non-hydrogen) atoms. The quantitative estimate of drug-likeness (QED) is 0.761. The van der Waals surface area contributed by atoms with Crippen molar-refractivity contribution in [3.05, 3.63) is 0 Å². The molecule has 2 nitrogen and oxygen atoms in total. The van der Waals surface area contributed by atoms with Gasteiger partial charge in [-0.3, -0.25) is 4.79 Å². The lowest BCUT2D eigenvalue weighted by atomic mass is 9.79. The molecule has 0 aromatic heterocycles. The molecule has 2 saturated carbocycles. The zero-order chi connectivity index (χ0) is 10.8. The molecule has 0 saturated heterocycles. The van der Waals surface area contributed by atoms with Crippen LogP contribution in [0.4, 0.5) is 0 Å². The molecule has 2 aliphatic rings. The summed E-state index contributed by atoms with van der Waals surface area (Å²) in [7, 11) is 0. The lowest BCUT2D eigenvalue weighted by Crippen LogP contribution is -2.39. The fraction of sp³-hybridized carbons (Fsp3) is 0.923. The number of nitrogens with one attached hydrogen (secondary N) is 1. The van der Waals surface area contributed by atoms with Crippen LogP contribution in [0.25, 0.3) is 0 Å². The molecule has 2 aliphatic carbocycles. The monoisotopic (exact) mass is 209 g/mol. The average Bonchev–Trinajstić information content (AvgIpc) is 3.01. The van der Waals surface area contributed by atoms with Crippen molar-refractivity contribution in [1.82, 2.24) is 5.32 Å². The van der Waals surface area contributed by atoms with Crippen LogP contribution in [0.2, 0.25) is 0 Å². The highest BCUT2D eigenvalue weighted by Crippen LogP contribution is 2.32. The van der Waals surface area contributed by atoms with E-state index in [0.29, 0.717) is 17.9 Å². The third kappa shape index (κ3) is 2.96. The molecule has 0 aromatic carbocycles. The largest absolute Gasteiger partial charge is 0.353 e. The van der Waals surface area contributed by atoms with Crippen LogP contribution in [-0.4, -0.2) is 11.9 Å². The molecular formula is C13H23NO. The molecule has 0 aliphatic heterocycles. The summed E-state index contributed by atoms with van der Waals surface area (Å²) in [5.74, 6) is 2.39. The number of hydrogen-bond donors (Lipinski definition) is 1. The molecule has 86 valence electrons. The Labute approximate surface area is 92.8 Å². The lowest BCUT2D eigenvalue weighted by Gasteiger charge is -2.31. The fourth-order valence-corrected chi connectivity index (χ4v) is 2.59. The van der Waals surface area contributed by atoms with Crippen molar-refractivity contribution >= 4 is 5.91 Å². The topological polar surface area (TPSA) is 29.1 Å². The Kier molecular flexibility index (Phi) is 3.32. The highest BCUT2D eigenvalue weighted by Gasteiger charge is 2.32. The lowest BCUT2D eigenvalue weighted by molar-refractivity contribution is -0.123. The van der Waals surface area contributed by atoms with Crippen LogP contribution in [0.5, 0.6) is 0 Å². The van der Waals surface area contributed by atoms with Gasteiger partial charge in [-0.15, -0.1) is 0 Å². The van der Waals surface area contributed by atoms with E-state index in [9.17, 15) is 4.79 Å². The van der Waals surface area contributed by atoms with E-state index in [4.69, 9.17) is 0 Å². The van der Waals surface area contributed by atoms with E-state index in [1.54, 1.807) is 0 Å². The molecule has 1 N–H and O–H groups in total. The van der Waals surface area contributed by atoms with Gasteiger partial charge in [-0.25, -0.2) is 0 Å². The van der Waals surface area contributed by atoms with Crippen molar-refractivity contribution in [3.63, 3.8) is 0 Å². The van der Waals surface area contributed by atoms with E-state index >= 15 is 0 Å². The van der Waals surface area contributed by atoms with Crippen LogP contribution in [0.3, 0.4) is 0 Å². The summed E-state index contributed by atoms with van der Waals surface area (Å²) in [6.45, 7) is 4.63. The molecule has 0 spiro atoms. The van der Waals surface area contributed by atoms with Crippen molar-refractivity contribution in [2.24, 2.45) is 17.8 Å². The van der Waals surface area contributed by atoms with Crippen molar-refractivity contribution < 1.29 is 4.79 Å². The second-order valence-corrected chi connectivity index (χ2v) is 5.64. The zero-order valence-electron chi connectivity index (χ0n) is 9.96. The fourth-order valence-electron chi connectivity index (χ4n) is 2.59. The number of rotatable bonds is 3. The van der Waals surface area contributed by atoms with Gasteiger partial charge in [-0.05, 0) is 50.4 Å². The van der Waals surface area contributed by atoms with Gasteiger partial charge in [-0.2, -0.15) is 0 Å². The standard InChI is InChI=1S/C13H23NO/c1-9(2)10-5-7-12(8-6-10)14-13(15)11-3-4-11/h9-12H,3-8H2,1-2H3,(H,14,15)/t10-,12+. The van der Waals surface area contributed by atoms with Gasteiger partial charge in [0.15, 0.2) is 0 Å². The molecule has 0 heterocycles. The first-order valence-corrected chi connectivity index (χ1v) is 6.47. The van der Waals surface area contributed by atoms with Crippen molar-refractivity contribution in [2.75, 3.05) is 0 Å². The average molecular weight is 209 g/mol. The summed E-state index contributed by atoms with van der Waals surface area (Å²) < 4.78 is 0.